The third kappa shape index (κ3) is 1.40. The molecule has 0 unspecified atom stereocenters. The van der Waals surface area contributed by atoms with Gasteiger partial charge in [0.2, 0.25) is 0 Å². The second kappa shape index (κ2) is 3.20. The van der Waals surface area contributed by atoms with Crippen LogP contribution in [0.25, 0.3) is 0 Å². The van der Waals surface area contributed by atoms with Crippen molar-refractivity contribution in [3.05, 3.63) is 0 Å². The van der Waals surface area contributed by atoms with E-state index in [0.717, 1.165) is 12.3 Å². The Hall–Kier alpha value is -0.730. The van der Waals surface area contributed by atoms with Crippen LogP contribution in [0, 0.1) is 17.8 Å². The van der Waals surface area contributed by atoms with Crippen molar-refractivity contribution in [2.45, 2.75) is 38.6 Å². The Morgan fingerprint density at radius 1 is 1.46 bits per heavy atom. The average molecular weight is 183 g/mol. The van der Waals surface area contributed by atoms with E-state index in [1.807, 2.05) is 0 Å². The van der Waals surface area contributed by atoms with Gasteiger partial charge in [0.05, 0.1) is 0 Å². The zero-order valence-electron chi connectivity index (χ0n) is 7.99. The van der Waals surface area contributed by atoms with Gasteiger partial charge in [-0.3, -0.25) is 0 Å². The van der Waals surface area contributed by atoms with Gasteiger partial charge in [0.25, 0.3) is 0 Å². The first kappa shape index (κ1) is 8.85. The van der Waals surface area contributed by atoms with Gasteiger partial charge < -0.3 is 10.4 Å². The van der Waals surface area contributed by atoms with Crippen molar-refractivity contribution in [2.75, 3.05) is 0 Å². The van der Waals surface area contributed by atoms with E-state index in [0.29, 0.717) is 11.8 Å². The molecule has 3 heteroatoms. The summed E-state index contributed by atoms with van der Waals surface area (Å²) >= 11 is 0. The quantitative estimate of drug-likeness (QED) is 0.688. The van der Waals surface area contributed by atoms with Crippen molar-refractivity contribution in [3.8, 4) is 0 Å². The summed E-state index contributed by atoms with van der Waals surface area (Å²) in [4.78, 5) is 10.6. The predicted octanol–water partition coefficient (Wildman–Crippen LogP) is 2.08. The van der Waals surface area contributed by atoms with Gasteiger partial charge in [0.1, 0.15) is 0 Å². The molecule has 74 valence electrons. The third-order valence-corrected chi connectivity index (χ3v) is 3.85. The molecule has 0 aliphatic heterocycles. The maximum absolute atomic E-state index is 10.6. The van der Waals surface area contributed by atoms with E-state index in [2.05, 4.69) is 12.2 Å². The molecular formula is C10H17NO2. The lowest BCUT2D eigenvalue weighted by atomic mass is 9.83. The van der Waals surface area contributed by atoms with E-state index in [-0.39, 0.29) is 6.04 Å². The van der Waals surface area contributed by atoms with Crippen molar-refractivity contribution in [1.82, 2.24) is 5.32 Å². The molecule has 3 nitrogen and oxygen atoms in total. The predicted molar refractivity (Wildman–Crippen MR) is 49.6 cm³/mol. The number of hydrogen-bond donors (Lipinski definition) is 2. The Balaban J connectivity index is 2.04. The van der Waals surface area contributed by atoms with Gasteiger partial charge >= 0.3 is 6.09 Å². The summed E-state index contributed by atoms with van der Waals surface area (Å²) in [5, 5.41) is 11.4. The number of carbonyl (C=O) groups is 1. The van der Waals surface area contributed by atoms with Gasteiger partial charge in [-0.15, -0.1) is 0 Å². The van der Waals surface area contributed by atoms with E-state index in [4.69, 9.17) is 5.11 Å². The molecule has 0 aromatic rings. The van der Waals surface area contributed by atoms with Crippen molar-refractivity contribution < 1.29 is 9.90 Å². The molecule has 0 radical (unpaired) electrons. The SMILES string of the molecule is CC[C@@H]1[C@H]2CC[C@H](C2)[C@H]1NC(=O)O. The Kier molecular flexibility index (Phi) is 2.18. The van der Waals surface area contributed by atoms with E-state index in [1.54, 1.807) is 0 Å². The summed E-state index contributed by atoms with van der Waals surface area (Å²) < 4.78 is 0. The first-order chi connectivity index (χ1) is 6.22. The lowest BCUT2D eigenvalue weighted by Gasteiger charge is -2.29. The molecule has 2 bridgehead atoms. The monoisotopic (exact) mass is 183 g/mol. The smallest absolute Gasteiger partial charge is 0.404 e. The van der Waals surface area contributed by atoms with Crippen LogP contribution in [0.2, 0.25) is 0 Å². The first-order valence-electron chi connectivity index (χ1n) is 5.21. The molecule has 0 saturated heterocycles. The number of carboxylic acid groups (broad SMARTS) is 1. The van der Waals surface area contributed by atoms with E-state index in [9.17, 15) is 4.79 Å². The topological polar surface area (TPSA) is 49.3 Å². The minimum absolute atomic E-state index is 0.251. The zero-order chi connectivity index (χ0) is 9.42. The fourth-order valence-electron chi connectivity index (χ4n) is 3.37. The van der Waals surface area contributed by atoms with Gasteiger partial charge in [-0.2, -0.15) is 0 Å². The van der Waals surface area contributed by atoms with Crippen LogP contribution in [0.4, 0.5) is 4.79 Å². The molecule has 1 amide bonds. The summed E-state index contributed by atoms with van der Waals surface area (Å²) in [7, 11) is 0. The normalized spacial score (nSPS) is 42.2. The highest BCUT2D eigenvalue weighted by Crippen LogP contribution is 2.49. The Morgan fingerprint density at radius 3 is 2.77 bits per heavy atom. The molecule has 4 atom stereocenters. The van der Waals surface area contributed by atoms with Crippen LogP contribution in [0.5, 0.6) is 0 Å². The number of hydrogen-bond acceptors (Lipinski definition) is 1. The number of rotatable bonds is 2. The summed E-state index contributed by atoms with van der Waals surface area (Å²) in [5.74, 6) is 2.03. The van der Waals surface area contributed by atoms with Crippen molar-refractivity contribution >= 4 is 6.09 Å². The summed E-state index contributed by atoms with van der Waals surface area (Å²) in [6.45, 7) is 2.17. The average Bonchev–Trinajstić information content (AvgIpc) is 2.62. The molecule has 0 spiro atoms. The van der Waals surface area contributed by atoms with Crippen LogP contribution < -0.4 is 5.32 Å². The highest BCUT2D eigenvalue weighted by atomic mass is 16.4. The zero-order valence-corrected chi connectivity index (χ0v) is 7.99. The lowest BCUT2D eigenvalue weighted by molar-refractivity contribution is 0.171. The van der Waals surface area contributed by atoms with Crippen LogP contribution in [0.3, 0.4) is 0 Å². The number of fused-ring (bicyclic) bond motifs is 2. The lowest BCUT2D eigenvalue weighted by Crippen LogP contribution is -2.43. The summed E-state index contributed by atoms with van der Waals surface area (Å²) in [5.41, 5.74) is 0. The van der Waals surface area contributed by atoms with Crippen molar-refractivity contribution in [2.24, 2.45) is 17.8 Å². The van der Waals surface area contributed by atoms with Gasteiger partial charge in [-0.1, -0.05) is 13.3 Å². The fourth-order valence-corrected chi connectivity index (χ4v) is 3.37. The minimum Gasteiger partial charge on any atom is -0.465 e. The molecule has 2 N–H and O–H groups in total. The molecule has 2 fully saturated rings. The van der Waals surface area contributed by atoms with E-state index >= 15 is 0 Å². The molecule has 0 heterocycles. The van der Waals surface area contributed by atoms with E-state index in [1.165, 1.54) is 19.3 Å². The van der Waals surface area contributed by atoms with Gasteiger partial charge in [0.15, 0.2) is 0 Å². The van der Waals surface area contributed by atoms with Crippen molar-refractivity contribution in [1.29, 1.82) is 0 Å². The Morgan fingerprint density at radius 2 is 2.15 bits per heavy atom. The van der Waals surface area contributed by atoms with Crippen LogP contribution in [-0.2, 0) is 0 Å². The fraction of sp³-hybridized carbons (Fsp3) is 0.900. The first-order valence-corrected chi connectivity index (χ1v) is 5.21. The molecule has 2 rings (SSSR count). The van der Waals surface area contributed by atoms with Crippen molar-refractivity contribution in [3.63, 3.8) is 0 Å². The van der Waals surface area contributed by atoms with Gasteiger partial charge in [-0.25, -0.2) is 4.79 Å². The molecular weight excluding hydrogens is 166 g/mol. The molecule has 2 saturated carbocycles. The molecule has 13 heavy (non-hydrogen) atoms. The van der Waals surface area contributed by atoms with Gasteiger partial charge in [-0.05, 0) is 37.0 Å². The third-order valence-electron chi connectivity index (χ3n) is 3.85. The van der Waals surface area contributed by atoms with Crippen LogP contribution >= 0.6 is 0 Å². The Labute approximate surface area is 78.5 Å². The molecule has 2 aliphatic rings. The standard InChI is InChI=1S/C10H17NO2/c1-2-8-6-3-4-7(5-6)9(8)11-10(12)13/h6-9,11H,2-5H2,1H3,(H,12,13)/t6-,7+,8+,9+/m0/s1. The maximum atomic E-state index is 10.6. The maximum Gasteiger partial charge on any atom is 0.404 e. The van der Waals surface area contributed by atoms with Gasteiger partial charge in [0, 0.05) is 6.04 Å². The highest BCUT2D eigenvalue weighted by Gasteiger charge is 2.46. The minimum atomic E-state index is -0.851. The summed E-state index contributed by atoms with van der Waals surface area (Å²) in [6, 6.07) is 0.251. The molecule has 0 aromatic carbocycles. The summed E-state index contributed by atoms with van der Waals surface area (Å²) in [6.07, 6.45) is 4.07. The molecule has 2 aliphatic carbocycles. The van der Waals surface area contributed by atoms with E-state index < -0.39 is 6.09 Å². The number of amides is 1. The second-order valence-electron chi connectivity index (χ2n) is 4.38. The highest BCUT2D eigenvalue weighted by molar-refractivity contribution is 5.65. The van der Waals surface area contributed by atoms with Crippen LogP contribution in [0.15, 0.2) is 0 Å². The van der Waals surface area contributed by atoms with Crippen LogP contribution in [0.1, 0.15) is 32.6 Å². The number of nitrogens with one attached hydrogen (secondary N) is 1. The molecule has 0 aromatic heterocycles. The van der Waals surface area contributed by atoms with Crippen LogP contribution in [-0.4, -0.2) is 17.2 Å². The Bertz CT molecular complexity index is 217. The largest absolute Gasteiger partial charge is 0.465 e. The second-order valence-corrected chi connectivity index (χ2v) is 4.38.